The van der Waals surface area contributed by atoms with Crippen LogP contribution >= 0.6 is 0 Å². The fourth-order valence-corrected chi connectivity index (χ4v) is 2.64. The van der Waals surface area contributed by atoms with Gasteiger partial charge in [-0.3, -0.25) is 0 Å². The molecule has 0 saturated carbocycles. The van der Waals surface area contributed by atoms with E-state index in [4.69, 9.17) is 4.74 Å². The van der Waals surface area contributed by atoms with Gasteiger partial charge in [0.25, 0.3) is 0 Å². The number of aliphatic hydroxyl groups excluding tert-OH is 1. The van der Waals surface area contributed by atoms with E-state index in [1.807, 2.05) is 0 Å². The van der Waals surface area contributed by atoms with Crippen molar-refractivity contribution in [2.45, 2.75) is 17.9 Å². The second kappa shape index (κ2) is 6.09. The molecule has 1 N–H and O–H groups in total. The highest BCUT2D eigenvalue weighted by molar-refractivity contribution is 7.91. The largest absolute Gasteiger partial charge is 0.390 e. The molecule has 0 radical (unpaired) electrons. The van der Waals surface area contributed by atoms with Crippen LogP contribution in [0, 0.1) is 5.82 Å². The normalized spacial score (nSPS) is 13.6. The molecule has 96 valence electrons. The Kier molecular flexibility index (Phi) is 5.04. The molecular weight excluding hydrogens is 247 g/mol. The van der Waals surface area contributed by atoms with Crippen molar-refractivity contribution in [2.24, 2.45) is 0 Å². The van der Waals surface area contributed by atoms with Gasteiger partial charge in [-0.25, -0.2) is 12.8 Å². The highest BCUT2D eigenvalue weighted by atomic mass is 32.2. The standard InChI is InChI=1S/C11H15FO4S/c1-2-16-7-10(13)8-17(14,15)11-5-3-9(12)4-6-11/h3-6,10,13H,2,7-8H2,1H3. The number of rotatable bonds is 6. The molecule has 0 heterocycles. The average molecular weight is 262 g/mol. The van der Waals surface area contributed by atoms with Crippen LogP contribution in [0.3, 0.4) is 0 Å². The number of hydrogen-bond donors (Lipinski definition) is 1. The van der Waals surface area contributed by atoms with Crippen LogP contribution in [0.4, 0.5) is 4.39 Å². The van der Waals surface area contributed by atoms with Crippen LogP contribution in [0.1, 0.15) is 6.92 Å². The van der Waals surface area contributed by atoms with Gasteiger partial charge in [0, 0.05) is 6.61 Å². The Morgan fingerprint density at radius 2 is 1.94 bits per heavy atom. The Labute approximate surface area is 100.0 Å². The van der Waals surface area contributed by atoms with Gasteiger partial charge in [-0.2, -0.15) is 0 Å². The summed E-state index contributed by atoms with van der Waals surface area (Å²) in [6, 6.07) is 4.50. The van der Waals surface area contributed by atoms with Gasteiger partial charge in [0.1, 0.15) is 5.82 Å². The molecule has 1 unspecified atom stereocenters. The summed E-state index contributed by atoms with van der Waals surface area (Å²) in [5.41, 5.74) is 0. The Bertz CT molecular complexity index is 441. The molecule has 0 amide bonds. The number of halogens is 1. The highest BCUT2D eigenvalue weighted by Crippen LogP contribution is 2.13. The van der Waals surface area contributed by atoms with Crippen LogP contribution in [0.15, 0.2) is 29.2 Å². The van der Waals surface area contributed by atoms with Crippen LogP contribution in [0.25, 0.3) is 0 Å². The zero-order valence-electron chi connectivity index (χ0n) is 9.47. The molecule has 1 rings (SSSR count). The summed E-state index contributed by atoms with van der Waals surface area (Å²) in [6.45, 7) is 2.13. The van der Waals surface area contributed by atoms with Gasteiger partial charge in [-0.15, -0.1) is 0 Å². The minimum Gasteiger partial charge on any atom is -0.390 e. The number of sulfone groups is 1. The number of aliphatic hydroxyl groups is 1. The second-order valence-corrected chi connectivity index (χ2v) is 5.58. The van der Waals surface area contributed by atoms with Crippen molar-refractivity contribution in [3.8, 4) is 0 Å². The maximum absolute atomic E-state index is 12.6. The highest BCUT2D eigenvalue weighted by Gasteiger charge is 2.19. The molecule has 0 bridgehead atoms. The molecule has 0 fully saturated rings. The third-order valence-corrected chi connectivity index (χ3v) is 3.91. The molecule has 4 nitrogen and oxygen atoms in total. The van der Waals surface area contributed by atoms with Crippen molar-refractivity contribution >= 4 is 9.84 Å². The van der Waals surface area contributed by atoms with E-state index in [9.17, 15) is 17.9 Å². The molecular formula is C11H15FO4S. The first kappa shape index (κ1) is 14.1. The van der Waals surface area contributed by atoms with E-state index in [-0.39, 0.29) is 11.5 Å². The van der Waals surface area contributed by atoms with Gasteiger partial charge in [0.15, 0.2) is 9.84 Å². The first-order valence-corrected chi connectivity index (χ1v) is 6.85. The summed E-state index contributed by atoms with van der Waals surface area (Å²) in [5, 5.41) is 9.45. The van der Waals surface area contributed by atoms with E-state index in [2.05, 4.69) is 0 Å². The zero-order chi connectivity index (χ0) is 12.9. The molecule has 1 aromatic carbocycles. The van der Waals surface area contributed by atoms with E-state index < -0.39 is 27.5 Å². The molecule has 17 heavy (non-hydrogen) atoms. The minimum atomic E-state index is -3.60. The second-order valence-electron chi connectivity index (χ2n) is 3.55. The maximum atomic E-state index is 12.6. The third kappa shape index (κ3) is 4.41. The Balaban J connectivity index is 2.71. The summed E-state index contributed by atoms with van der Waals surface area (Å²) in [5.74, 6) is -0.933. The number of hydrogen-bond acceptors (Lipinski definition) is 4. The minimum absolute atomic E-state index is 0.00514. The summed E-state index contributed by atoms with van der Waals surface area (Å²) < 4.78 is 41.1. The fourth-order valence-electron chi connectivity index (χ4n) is 1.29. The van der Waals surface area contributed by atoms with E-state index in [1.54, 1.807) is 6.92 Å². The van der Waals surface area contributed by atoms with E-state index in [0.29, 0.717) is 6.61 Å². The van der Waals surface area contributed by atoms with E-state index >= 15 is 0 Å². The van der Waals surface area contributed by atoms with Gasteiger partial charge in [-0.1, -0.05) is 0 Å². The third-order valence-electron chi connectivity index (χ3n) is 2.10. The summed E-state index contributed by atoms with van der Waals surface area (Å²) in [6.07, 6.45) is -1.08. The quantitative estimate of drug-likeness (QED) is 0.777. The van der Waals surface area contributed by atoms with Crippen LogP contribution in [0.2, 0.25) is 0 Å². The summed E-state index contributed by atoms with van der Waals surface area (Å²) in [4.78, 5) is -0.00514. The van der Waals surface area contributed by atoms with Gasteiger partial charge in [-0.05, 0) is 31.2 Å². The molecule has 0 spiro atoms. The lowest BCUT2D eigenvalue weighted by molar-refractivity contribution is 0.0542. The van der Waals surface area contributed by atoms with Gasteiger partial charge < -0.3 is 9.84 Å². The fraction of sp³-hybridized carbons (Fsp3) is 0.455. The lowest BCUT2D eigenvalue weighted by Crippen LogP contribution is -2.25. The van der Waals surface area contributed by atoms with Crippen LogP contribution in [0.5, 0.6) is 0 Å². The van der Waals surface area contributed by atoms with Gasteiger partial charge in [0.2, 0.25) is 0 Å². The van der Waals surface area contributed by atoms with Crippen LogP contribution in [-0.4, -0.2) is 38.6 Å². The van der Waals surface area contributed by atoms with Crippen molar-refractivity contribution < 1.29 is 22.7 Å². The molecule has 0 saturated heterocycles. The number of ether oxygens (including phenoxy) is 1. The summed E-state index contributed by atoms with van der Waals surface area (Å²) >= 11 is 0. The molecule has 1 aromatic rings. The van der Waals surface area contributed by atoms with Crippen LogP contribution in [-0.2, 0) is 14.6 Å². The van der Waals surface area contributed by atoms with Crippen molar-refractivity contribution in [1.29, 1.82) is 0 Å². The lowest BCUT2D eigenvalue weighted by atomic mass is 10.4. The number of benzene rings is 1. The molecule has 6 heteroatoms. The smallest absolute Gasteiger partial charge is 0.181 e. The molecule has 0 aromatic heterocycles. The first-order valence-electron chi connectivity index (χ1n) is 5.20. The first-order chi connectivity index (χ1) is 7.95. The van der Waals surface area contributed by atoms with Crippen LogP contribution < -0.4 is 0 Å². The summed E-state index contributed by atoms with van der Waals surface area (Å²) in [7, 11) is -3.60. The predicted molar refractivity (Wildman–Crippen MR) is 61.0 cm³/mol. The molecule has 0 aliphatic heterocycles. The van der Waals surface area contributed by atoms with Gasteiger partial charge in [0.05, 0.1) is 23.4 Å². The topological polar surface area (TPSA) is 63.6 Å². The predicted octanol–water partition coefficient (Wildman–Crippen LogP) is 0.997. The zero-order valence-corrected chi connectivity index (χ0v) is 10.3. The lowest BCUT2D eigenvalue weighted by Gasteiger charge is -2.11. The average Bonchev–Trinajstić information content (AvgIpc) is 2.26. The van der Waals surface area contributed by atoms with Crippen molar-refractivity contribution in [1.82, 2.24) is 0 Å². The molecule has 0 aliphatic carbocycles. The van der Waals surface area contributed by atoms with E-state index in [0.717, 1.165) is 12.1 Å². The molecule has 0 aliphatic rings. The van der Waals surface area contributed by atoms with Gasteiger partial charge >= 0.3 is 0 Å². The SMILES string of the molecule is CCOCC(O)CS(=O)(=O)c1ccc(F)cc1. The van der Waals surface area contributed by atoms with E-state index in [1.165, 1.54) is 12.1 Å². The van der Waals surface area contributed by atoms with Crippen molar-refractivity contribution in [3.63, 3.8) is 0 Å². The molecule has 1 atom stereocenters. The Morgan fingerprint density at radius 3 is 2.47 bits per heavy atom. The Morgan fingerprint density at radius 1 is 1.35 bits per heavy atom. The Hall–Kier alpha value is -0.980. The monoisotopic (exact) mass is 262 g/mol. The van der Waals surface area contributed by atoms with Crippen molar-refractivity contribution in [3.05, 3.63) is 30.1 Å². The maximum Gasteiger partial charge on any atom is 0.181 e. The van der Waals surface area contributed by atoms with Crippen molar-refractivity contribution in [2.75, 3.05) is 19.0 Å².